The van der Waals surface area contributed by atoms with Gasteiger partial charge in [-0.05, 0) is 68.1 Å². The average molecular weight is 522 g/mol. The standard InChI is InChI=1S/C25H36ClN5O3S/c1-2-35(33,34)29-23(16-20-8-10-22(26)11-9-20)24(32)30-14-12-25(13-15-30,17-31-19-27-18-28-31)21-6-4-3-5-7-21/h8-11,18-19,21,23,29H,2-7,12-17H2,1H3. The average Bonchev–Trinajstić information content (AvgIpc) is 3.38. The number of benzene rings is 1. The van der Waals surface area contributed by atoms with Gasteiger partial charge < -0.3 is 4.90 Å². The highest BCUT2D eigenvalue weighted by molar-refractivity contribution is 7.89. The maximum atomic E-state index is 13.6. The summed E-state index contributed by atoms with van der Waals surface area (Å²) in [6.45, 7) is 3.64. The van der Waals surface area contributed by atoms with E-state index in [-0.39, 0.29) is 17.1 Å². The zero-order valence-corrected chi connectivity index (χ0v) is 22.0. The number of sulfonamides is 1. The lowest BCUT2D eigenvalue weighted by atomic mass is 9.63. The van der Waals surface area contributed by atoms with E-state index in [1.54, 1.807) is 31.7 Å². The second-order valence-corrected chi connectivity index (χ2v) is 12.5. The van der Waals surface area contributed by atoms with E-state index in [0.717, 1.165) is 24.9 Å². The number of piperidine rings is 1. The van der Waals surface area contributed by atoms with Crippen LogP contribution >= 0.6 is 11.6 Å². The summed E-state index contributed by atoms with van der Waals surface area (Å²) in [4.78, 5) is 19.6. The van der Waals surface area contributed by atoms with Crippen molar-refractivity contribution in [2.75, 3.05) is 18.8 Å². The Labute approximate surface area is 213 Å². The van der Waals surface area contributed by atoms with Crippen molar-refractivity contribution in [3.8, 4) is 0 Å². The van der Waals surface area contributed by atoms with Crippen molar-refractivity contribution < 1.29 is 13.2 Å². The molecule has 2 aliphatic rings. The topological polar surface area (TPSA) is 97.2 Å². The highest BCUT2D eigenvalue weighted by Gasteiger charge is 2.44. The molecular formula is C25H36ClN5O3S. The number of carbonyl (C=O) groups is 1. The molecule has 1 saturated carbocycles. The van der Waals surface area contributed by atoms with Crippen molar-refractivity contribution in [3.63, 3.8) is 0 Å². The van der Waals surface area contributed by atoms with Crippen LogP contribution in [0.4, 0.5) is 0 Å². The SMILES string of the molecule is CCS(=O)(=O)NC(Cc1ccc(Cl)cc1)C(=O)N1CCC(Cn2cncn2)(C2CCCCC2)CC1. The Bertz CT molecular complexity index is 1060. The minimum atomic E-state index is -3.55. The number of carbonyl (C=O) groups excluding carboxylic acids is 1. The van der Waals surface area contributed by atoms with E-state index in [2.05, 4.69) is 14.8 Å². The van der Waals surface area contributed by atoms with Crippen molar-refractivity contribution in [2.45, 2.75) is 70.9 Å². The summed E-state index contributed by atoms with van der Waals surface area (Å²) in [6.07, 6.45) is 11.7. The maximum absolute atomic E-state index is 13.6. The van der Waals surface area contributed by atoms with Gasteiger partial charge in [-0.15, -0.1) is 0 Å². The molecule has 0 radical (unpaired) electrons. The van der Waals surface area contributed by atoms with Crippen LogP contribution in [0.2, 0.25) is 5.02 Å². The molecule has 1 unspecified atom stereocenters. The smallest absolute Gasteiger partial charge is 0.241 e. The van der Waals surface area contributed by atoms with E-state index >= 15 is 0 Å². The van der Waals surface area contributed by atoms with Gasteiger partial charge >= 0.3 is 0 Å². The fraction of sp³-hybridized carbons (Fsp3) is 0.640. The lowest BCUT2D eigenvalue weighted by molar-refractivity contribution is -0.136. The number of nitrogens with zero attached hydrogens (tertiary/aromatic N) is 4. The molecule has 4 rings (SSSR count). The van der Waals surface area contributed by atoms with Gasteiger partial charge in [-0.25, -0.2) is 18.1 Å². The number of hydrogen-bond acceptors (Lipinski definition) is 5. The van der Waals surface area contributed by atoms with Crippen molar-refractivity contribution in [3.05, 3.63) is 47.5 Å². The van der Waals surface area contributed by atoms with Crippen LogP contribution in [0, 0.1) is 11.3 Å². The fourth-order valence-corrected chi connectivity index (χ4v) is 6.69. The third-order valence-corrected chi connectivity index (χ3v) is 9.49. The van der Waals surface area contributed by atoms with Gasteiger partial charge in [-0.3, -0.25) is 9.48 Å². The molecule has 8 nitrogen and oxygen atoms in total. The summed E-state index contributed by atoms with van der Waals surface area (Å²) < 4.78 is 29.4. The minimum absolute atomic E-state index is 0.0694. The normalized spacial score (nSPS) is 20.0. The summed E-state index contributed by atoms with van der Waals surface area (Å²) in [5.74, 6) is 0.385. The highest BCUT2D eigenvalue weighted by atomic mass is 35.5. The summed E-state index contributed by atoms with van der Waals surface area (Å²) >= 11 is 6.01. The third kappa shape index (κ3) is 6.62. The molecule has 0 spiro atoms. The van der Waals surface area contributed by atoms with Gasteiger partial charge in [0.25, 0.3) is 0 Å². The third-order valence-electron chi connectivity index (χ3n) is 7.84. The van der Waals surface area contributed by atoms with Crippen molar-refractivity contribution in [2.24, 2.45) is 11.3 Å². The molecule has 1 aliphatic carbocycles. The summed E-state index contributed by atoms with van der Waals surface area (Å²) in [6, 6.07) is 6.36. The molecule has 192 valence electrons. The van der Waals surface area contributed by atoms with E-state index in [4.69, 9.17) is 11.6 Å². The van der Waals surface area contributed by atoms with E-state index in [1.165, 1.54) is 32.1 Å². The Balaban J connectivity index is 1.49. The summed E-state index contributed by atoms with van der Waals surface area (Å²) in [5.41, 5.74) is 0.950. The predicted molar refractivity (Wildman–Crippen MR) is 136 cm³/mol. The number of nitrogens with one attached hydrogen (secondary N) is 1. The van der Waals surface area contributed by atoms with Gasteiger partial charge in [0, 0.05) is 24.7 Å². The molecule has 1 amide bonds. The van der Waals surface area contributed by atoms with Gasteiger partial charge in [-0.1, -0.05) is 43.0 Å². The van der Waals surface area contributed by atoms with E-state index in [1.807, 2.05) is 21.7 Å². The Hall–Kier alpha value is -1.97. The molecule has 1 aromatic carbocycles. The van der Waals surface area contributed by atoms with E-state index in [9.17, 15) is 13.2 Å². The van der Waals surface area contributed by atoms with Crippen LogP contribution in [0.15, 0.2) is 36.9 Å². The molecule has 0 bridgehead atoms. The lowest BCUT2D eigenvalue weighted by Gasteiger charge is -2.48. The molecular weight excluding hydrogens is 486 g/mol. The number of likely N-dealkylation sites (tertiary alicyclic amines) is 1. The number of aromatic nitrogens is 3. The fourth-order valence-electron chi connectivity index (χ4n) is 5.78. The highest BCUT2D eigenvalue weighted by Crippen LogP contribution is 2.47. The molecule has 35 heavy (non-hydrogen) atoms. The second-order valence-electron chi connectivity index (χ2n) is 10.0. The second kappa shape index (κ2) is 11.4. The molecule has 10 heteroatoms. The molecule has 1 atom stereocenters. The largest absolute Gasteiger partial charge is 0.341 e. The van der Waals surface area contributed by atoms with Gasteiger partial charge in [-0.2, -0.15) is 5.10 Å². The first-order chi connectivity index (χ1) is 16.8. The Kier molecular flexibility index (Phi) is 8.50. The first-order valence-electron chi connectivity index (χ1n) is 12.7. The van der Waals surface area contributed by atoms with E-state index < -0.39 is 16.1 Å². The number of hydrogen-bond donors (Lipinski definition) is 1. The van der Waals surface area contributed by atoms with Gasteiger partial charge in [0.05, 0.1) is 5.75 Å². The molecule has 1 N–H and O–H groups in total. The monoisotopic (exact) mass is 521 g/mol. The minimum Gasteiger partial charge on any atom is -0.341 e. The van der Waals surface area contributed by atoms with Crippen LogP contribution in [0.1, 0.15) is 57.4 Å². The zero-order chi connectivity index (χ0) is 24.9. The Morgan fingerprint density at radius 1 is 1.17 bits per heavy atom. The first-order valence-corrected chi connectivity index (χ1v) is 14.7. The lowest BCUT2D eigenvalue weighted by Crippen LogP contribution is -2.54. The van der Waals surface area contributed by atoms with Crippen LogP contribution in [0.5, 0.6) is 0 Å². The Morgan fingerprint density at radius 3 is 2.46 bits per heavy atom. The molecule has 1 saturated heterocycles. The van der Waals surface area contributed by atoms with E-state index in [0.29, 0.717) is 30.5 Å². The molecule has 1 aliphatic heterocycles. The van der Waals surface area contributed by atoms with Crippen molar-refractivity contribution >= 4 is 27.5 Å². The zero-order valence-electron chi connectivity index (χ0n) is 20.4. The summed E-state index contributed by atoms with van der Waals surface area (Å²) in [7, 11) is -3.55. The van der Waals surface area contributed by atoms with Crippen LogP contribution in [0.25, 0.3) is 0 Å². The van der Waals surface area contributed by atoms with Crippen molar-refractivity contribution in [1.82, 2.24) is 24.4 Å². The van der Waals surface area contributed by atoms with Crippen LogP contribution < -0.4 is 4.72 Å². The number of halogens is 1. The van der Waals surface area contributed by atoms with Gasteiger partial charge in [0.1, 0.15) is 18.7 Å². The number of amides is 1. The van der Waals surface area contributed by atoms with Crippen molar-refractivity contribution in [1.29, 1.82) is 0 Å². The van der Waals surface area contributed by atoms with Crippen LogP contribution in [-0.2, 0) is 27.8 Å². The molecule has 2 aromatic rings. The maximum Gasteiger partial charge on any atom is 0.241 e. The first kappa shape index (κ1) is 26.1. The molecule has 1 aromatic heterocycles. The Morgan fingerprint density at radius 2 is 1.86 bits per heavy atom. The van der Waals surface area contributed by atoms with Crippen LogP contribution in [0.3, 0.4) is 0 Å². The number of rotatable bonds is 9. The summed E-state index contributed by atoms with van der Waals surface area (Å²) in [5, 5.41) is 4.98. The van der Waals surface area contributed by atoms with Crippen LogP contribution in [-0.4, -0.2) is 58.9 Å². The predicted octanol–water partition coefficient (Wildman–Crippen LogP) is 3.67. The van der Waals surface area contributed by atoms with Gasteiger partial charge in [0.2, 0.25) is 15.9 Å². The van der Waals surface area contributed by atoms with Gasteiger partial charge in [0.15, 0.2) is 0 Å². The molecule has 2 heterocycles. The quantitative estimate of drug-likeness (QED) is 0.543. The molecule has 2 fully saturated rings.